The Balaban J connectivity index is 0.000000568. The van der Waals surface area contributed by atoms with Crippen molar-refractivity contribution < 1.29 is 35.3 Å². The zero-order chi connectivity index (χ0) is 21.2. The minimum Gasteiger partial charge on any atom is -0.539 e. The van der Waals surface area contributed by atoms with E-state index in [9.17, 15) is 10.2 Å². The molecule has 1 aliphatic rings. The van der Waals surface area contributed by atoms with E-state index in [2.05, 4.69) is 11.4 Å². The van der Waals surface area contributed by atoms with Crippen LogP contribution >= 0.6 is 0 Å². The predicted octanol–water partition coefficient (Wildman–Crippen LogP) is 0.134. The van der Waals surface area contributed by atoms with Crippen molar-refractivity contribution in [3.63, 3.8) is 0 Å². The highest BCUT2D eigenvalue weighted by Crippen LogP contribution is 2.29. The third-order valence-corrected chi connectivity index (χ3v) is 4.97. The van der Waals surface area contributed by atoms with E-state index in [0.717, 1.165) is 31.4 Å². The van der Waals surface area contributed by atoms with Gasteiger partial charge in [-0.3, -0.25) is 0 Å². The second-order valence-electron chi connectivity index (χ2n) is 7.33. The van der Waals surface area contributed by atoms with Crippen LogP contribution in [0.2, 0.25) is 0 Å². The number of carbonyl (C=O) groups excluding carboxylic acids is 1. The van der Waals surface area contributed by atoms with Gasteiger partial charge in [-0.15, -0.1) is 0 Å². The van der Waals surface area contributed by atoms with Crippen LogP contribution in [-0.4, -0.2) is 45.4 Å². The molecule has 1 aliphatic carbocycles. The first-order valence-electron chi connectivity index (χ1n) is 9.57. The molecule has 1 aromatic rings. The minimum atomic E-state index is -2.07. The summed E-state index contributed by atoms with van der Waals surface area (Å²) in [5.74, 6) is -4.01. The van der Waals surface area contributed by atoms with Crippen molar-refractivity contribution in [3.05, 3.63) is 47.5 Å². The molecule has 0 aliphatic heterocycles. The van der Waals surface area contributed by atoms with Crippen LogP contribution in [0.4, 0.5) is 0 Å². The highest BCUT2D eigenvalue weighted by Gasteiger charge is 2.28. The van der Waals surface area contributed by atoms with Crippen LogP contribution in [0.3, 0.4) is 0 Å². The molecule has 7 heteroatoms. The largest absolute Gasteiger partial charge is 0.539 e. The maximum atomic E-state index is 10.7. The second-order valence-corrected chi connectivity index (χ2v) is 7.33. The van der Waals surface area contributed by atoms with E-state index in [1.807, 2.05) is 44.2 Å². The van der Waals surface area contributed by atoms with Gasteiger partial charge in [-0.25, -0.2) is 4.79 Å². The summed E-state index contributed by atoms with van der Waals surface area (Å²) in [6.07, 6.45) is 7.02. The van der Waals surface area contributed by atoms with Gasteiger partial charge in [-0.05, 0) is 50.7 Å². The number of quaternary nitrogens is 1. The Morgan fingerprint density at radius 3 is 2.36 bits per heavy atom. The maximum absolute atomic E-state index is 10.7. The lowest BCUT2D eigenvalue weighted by Crippen LogP contribution is -2.90. The van der Waals surface area contributed by atoms with Crippen LogP contribution in [0.25, 0.3) is 0 Å². The molecule has 0 saturated carbocycles. The molecule has 5 N–H and O–H groups in total. The number of benzene rings is 1. The molecule has 156 valence electrons. The molecule has 0 bridgehead atoms. The van der Waals surface area contributed by atoms with Gasteiger partial charge in [0.2, 0.25) is 0 Å². The van der Waals surface area contributed by atoms with E-state index in [1.165, 1.54) is 18.4 Å². The number of aliphatic hydroxyl groups is 2. The molecule has 0 radical (unpaired) electrons. The number of aliphatic carboxylic acids is 2. The van der Waals surface area contributed by atoms with Crippen LogP contribution < -0.4 is 10.4 Å². The van der Waals surface area contributed by atoms with Gasteiger partial charge in [0.25, 0.3) is 0 Å². The van der Waals surface area contributed by atoms with Crippen molar-refractivity contribution in [2.24, 2.45) is 0 Å². The van der Waals surface area contributed by atoms with Gasteiger partial charge in [0, 0.05) is 6.42 Å². The average Bonchev–Trinajstić information content (AvgIpc) is 2.69. The summed E-state index contributed by atoms with van der Waals surface area (Å²) in [4.78, 5) is 18.0. The third-order valence-electron chi connectivity index (χ3n) is 4.97. The fourth-order valence-corrected chi connectivity index (χ4v) is 3.20. The van der Waals surface area contributed by atoms with E-state index < -0.39 is 23.6 Å². The monoisotopic (exact) mass is 393 g/mol. The lowest BCUT2D eigenvalue weighted by atomic mass is 9.84. The number of rotatable bonds is 7. The van der Waals surface area contributed by atoms with E-state index in [-0.39, 0.29) is 6.04 Å². The van der Waals surface area contributed by atoms with Gasteiger partial charge in [0.05, 0.1) is 12.1 Å². The molecule has 0 heterocycles. The van der Waals surface area contributed by atoms with Gasteiger partial charge in [0.1, 0.15) is 12.1 Å². The molecule has 0 aromatic heterocycles. The Hall–Kier alpha value is -2.22. The van der Waals surface area contributed by atoms with Crippen molar-refractivity contribution >= 4 is 11.9 Å². The molecule has 28 heavy (non-hydrogen) atoms. The standard InChI is InChI=1S/C19H29NO2.C2H2O4/c1-15(18(21)16-9-5-3-6-10-16)20-14-13-19(2,22)17-11-7-4-8-12-17;3-1(4)2(5)6/h3,5-6,9-11,15,18,20-22H,4,7-8,12-14H2,1-2H3;(H,3,4)(H,5,6). The number of hydrogen-bond acceptors (Lipinski definition) is 5. The van der Waals surface area contributed by atoms with Crippen molar-refractivity contribution in [2.75, 3.05) is 6.54 Å². The molecular formula is C21H31NO6. The van der Waals surface area contributed by atoms with Crippen LogP contribution in [0.5, 0.6) is 0 Å². The summed E-state index contributed by atoms with van der Waals surface area (Å²) in [7, 11) is 0. The Bertz CT molecular complexity index is 644. The average molecular weight is 393 g/mol. The second kappa shape index (κ2) is 11.6. The lowest BCUT2D eigenvalue weighted by Gasteiger charge is -2.29. The summed E-state index contributed by atoms with van der Waals surface area (Å²) in [5, 5.41) is 39.5. The summed E-state index contributed by atoms with van der Waals surface area (Å²) >= 11 is 0. The Morgan fingerprint density at radius 1 is 1.25 bits per heavy atom. The number of aliphatic hydroxyl groups excluding tert-OH is 1. The van der Waals surface area contributed by atoms with Gasteiger partial charge >= 0.3 is 5.97 Å². The zero-order valence-corrected chi connectivity index (χ0v) is 16.5. The number of hydrogen-bond donors (Lipinski definition) is 4. The fourth-order valence-electron chi connectivity index (χ4n) is 3.20. The normalized spacial score (nSPS) is 17.9. The van der Waals surface area contributed by atoms with Gasteiger partial charge in [-0.2, -0.15) is 0 Å². The number of carboxylic acids is 2. The van der Waals surface area contributed by atoms with Crippen LogP contribution in [0.1, 0.15) is 57.6 Å². The molecule has 7 nitrogen and oxygen atoms in total. The molecule has 3 atom stereocenters. The summed E-state index contributed by atoms with van der Waals surface area (Å²) in [6.45, 7) is 4.78. The molecule has 3 unspecified atom stereocenters. The van der Waals surface area contributed by atoms with Crippen LogP contribution in [0, 0.1) is 0 Å². The molecular weight excluding hydrogens is 362 g/mol. The summed E-state index contributed by atoms with van der Waals surface area (Å²) in [5.41, 5.74) is 1.45. The van der Waals surface area contributed by atoms with E-state index in [0.29, 0.717) is 0 Å². The molecule has 0 spiro atoms. The molecule has 0 saturated heterocycles. The fraction of sp³-hybridized carbons (Fsp3) is 0.524. The Labute approximate surface area is 165 Å². The summed E-state index contributed by atoms with van der Waals surface area (Å²) < 4.78 is 0. The lowest BCUT2D eigenvalue weighted by molar-refractivity contribution is -0.695. The first-order chi connectivity index (χ1) is 13.1. The van der Waals surface area contributed by atoms with E-state index in [4.69, 9.17) is 19.8 Å². The molecule has 0 amide bonds. The number of carboxylic acid groups (broad SMARTS) is 2. The van der Waals surface area contributed by atoms with Crippen molar-refractivity contribution in [1.29, 1.82) is 0 Å². The molecule has 2 rings (SSSR count). The highest BCUT2D eigenvalue weighted by atomic mass is 16.4. The third kappa shape index (κ3) is 8.21. The van der Waals surface area contributed by atoms with E-state index >= 15 is 0 Å². The Morgan fingerprint density at radius 2 is 1.86 bits per heavy atom. The number of nitrogens with two attached hydrogens (primary N) is 1. The SMILES string of the molecule is CC([NH2+]CCC(C)(O)C1=CCCCC1)C(O)c1ccccc1.O=C([O-])C(=O)O. The first kappa shape index (κ1) is 23.8. The van der Waals surface area contributed by atoms with E-state index in [1.54, 1.807) is 0 Å². The number of carbonyl (C=O) groups is 2. The van der Waals surface area contributed by atoms with Gasteiger partial charge in [0.15, 0.2) is 5.97 Å². The van der Waals surface area contributed by atoms with Gasteiger partial charge < -0.3 is 30.5 Å². The quantitative estimate of drug-likeness (QED) is 0.384. The minimum absolute atomic E-state index is 0.0820. The molecule has 0 fully saturated rings. The highest BCUT2D eigenvalue weighted by molar-refractivity contribution is 6.26. The first-order valence-corrected chi connectivity index (χ1v) is 9.57. The zero-order valence-electron chi connectivity index (χ0n) is 16.5. The smallest absolute Gasteiger partial charge is 0.351 e. The van der Waals surface area contributed by atoms with Gasteiger partial charge in [-0.1, -0.05) is 36.4 Å². The van der Waals surface area contributed by atoms with Crippen LogP contribution in [0.15, 0.2) is 42.0 Å². The topological polar surface area (TPSA) is 134 Å². The van der Waals surface area contributed by atoms with Crippen molar-refractivity contribution in [1.82, 2.24) is 0 Å². The predicted molar refractivity (Wildman–Crippen MR) is 102 cm³/mol. The molecule has 1 aromatic carbocycles. The Kier molecular flexibility index (Phi) is 9.85. The van der Waals surface area contributed by atoms with Crippen LogP contribution in [-0.2, 0) is 9.59 Å². The maximum Gasteiger partial charge on any atom is 0.351 e. The van der Waals surface area contributed by atoms with Crippen molar-refractivity contribution in [3.8, 4) is 0 Å². The number of allylic oxidation sites excluding steroid dienone is 1. The van der Waals surface area contributed by atoms with Crippen molar-refractivity contribution in [2.45, 2.75) is 63.7 Å². The summed E-state index contributed by atoms with van der Waals surface area (Å²) in [6, 6.07) is 9.85.